The molecule has 0 aliphatic carbocycles. The summed E-state index contributed by atoms with van der Waals surface area (Å²) in [6.07, 6.45) is 0. The Morgan fingerprint density at radius 1 is 1.26 bits per heavy atom. The molecule has 1 heterocycles. The van der Waals surface area contributed by atoms with Crippen molar-refractivity contribution in [3.63, 3.8) is 0 Å². The number of rotatable bonds is 3. The van der Waals surface area contributed by atoms with Crippen LogP contribution in [0.2, 0.25) is 0 Å². The lowest BCUT2D eigenvalue weighted by atomic mass is 10.3. The van der Waals surface area contributed by atoms with E-state index in [0.717, 1.165) is 10.6 Å². The van der Waals surface area contributed by atoms with Gasteiger partial charge < -0.3 is 16.4 Å². The molecular formula is C14H17N3OS. The maximum absolute atomic E-state index is 11.7. The zero-order valence-corrected chi connectivity index (χ0v) is 11.8. The molecule has 19 heavy (non-hydrogen) atoms. The van der Waals surface area contributed by atoms with Crippen molar-refractivity contribution < 1.29 is 4.79 Å². The lowest BCUT2D eigenvalue weighted by molar-refractivity contribution is 0.252. The summed E-state index contributed by atoms with van der Waals surface area (Å²) in [5.41, 5.74) is 8.25. The monoisotopic (exact) mass is 275 g/mol. The molecule has 0 unspecified atom stereocenters. The summed E-state index contributed by atoms with van der Waals surface area (Å²) in [6, 6.07) is 8.93. The number of benzene rings is 1. The Labute approximate surface area is 116 Å². The minimum absolute atomic E-state index is 0.214. The van der Waals surface area contributed by atoms with Crippen LogP contribution in [0.5, 0.6) is 0 Å². The number of nitrogens with one attached hydrogen (secondary N) is 2. The molecule has 4 N–H and O–H groups in total. The predicted octanol–water partition coefficient (Wildman–Crippen LogP) is 3.27. The SMILES string of the molecule is Cc1cc(CNC(=O)Nc2ccc(N)cc2)sc1C. The van der Waals surface area contributed by atoms with Gasteiger partial charge in [-0.25, -0.2) is 4.79 Å². The molecule has 0 bridgehead atoms. The Balaban J connectivity index is 1.86. The first-order valence-corrected chi connectivity index (χ1v) is 6.82. The molecule has 2 rings (SSSR count). The minimum atomic E-state index is -0.214. The standard InChI is InChI=1S/C14H17N3OS/c1-9-7-13(19-10(9)2)8-16-14(18)17-12-5-3-11(15)4-6-12/h3-7H,8,15H2,1-2H3,(H2,16,17,18). The number of carbonyl (C=O) groups excluding carboxylic acids is 1. The van der Waals surface area contributed by atoms with Crippen molar-refractivity contribution in [3.05, 3.63) is 45.6 Å². The summed E-state index contributed by atoms with van der Waals surface area (Å²) >= 11 is 1.71. The number of hydrogen-bond donors (Lipinski definition) is 3. The highest BCUT2D eigenvalue weighted by atomic mass is 32.1. The third-order valence-corrected chi connectivity index (χ3v) is 3.96. The van der Waals surface area contributed by atoms with E-state index in [0.29, 0.717) is 12.2 Å². The first-order valence-electron chi connectivity index (χ1n) is 6.01. The topological polar surface area (TPSA) is 67.2 Å². The van der Waals surface area contributed by atoms with E-state index in [-0.39, 0.29) is 6.03 Å². The highest BCUT2D eigenvalue weighted by molar-refractivity contribution is 7.12. The van der Waals surface area contributed by atoms with E-state index in [1.807, 2.05) is 0 Å². The van der Waals surface area contributed by atoms with Crippen LogP contribution in [-0.2, 0) is 6.54 Å². The number of hydrogen-bond acceptors (Lipinski definition) is 3. The first-order chi connectivity index (χ1) is 9.04. The lowest BCUT2D eigenvalue weighted by Crippen LogP contribution is -2.27. The Morgan fingerprint density at radius 3 is 2.53 bits per heavy atom. The van der Waals surface area contributed by atoms with E-state index in [9.17, 15) is 4.79 Å². The second-order valence-corrected chi connectivity index (χ2v) is 5.72. The van der Waals surface area contributed by atoms with Crippen molar-refractivity contribution in [2.45, 2.75) is 20.4 Å². The van der Waals surface area contributed by atoms with E-state index < -0.39 is 0 Å². The maximum Gasteiger partial charge on any atom is 0.319 e. The van der Waals surface area contributed by atoms with Crippen LogP contribution in [0.3, 0.4) is 0 Å². The zero-order chi connectivity index (χ0) is 13.8. The van der Waals surface area contributed by atoms with E-state index in [1.54, 1.807) is 35.6 Å². The van der Waals surface area contributed by atoms with E-state index >= 15 is 0 Å². The summed E-state index contributed by atoms with van der Waals surface area (Å²) in [5, 5.41) is 5.59. The average molecular weight is 275 g/mol. The van der Waals surface area contributed by atoms with E-state index in [2.05, 4.69) is 30.5 Å². The Hall–Kier alpha value is -2.01. The highest BCUT2D eigenvalue weighted by Crippen LogP contribution is 2.20. The molecule has 2 aromatic rings. The molecular weight excluding hydrogens is 258 g/mol. The fourth-order valence-electron chi connectivity index (χ4n) is 1.65. The molecule has 0 radical (unpaired) electrons. The number of aryl methyl sites for hydroxylation is 2. The zero-order valence-electron chi connectivity index (χ0n) is 11.0. The lowest BCUT2D eigenvalue weighted by Gasteiger charge is -2.06. The molecule has 4 nitrogen and oxygen atoms in total. The van der Waals surface area contributed by atoms with Crippen LogP contribution in [0.4, 0.5) is 16.2 Å². The Kier molecular flexibility index (Phi) is 4.06. The average Bonchev–Trinajstić information content (AvgIpc) is 2.69. The first kappa shape index (κ1) is 13.4. The summed E-state index contributed by atoms with van der Waals surface area (Å²) in [7, 11) is 0. The van der Waals surface area contributed by atoms with Crippen molar-refractivity contribution in [2.24, 2.45) is 0 Å². The van der Waals surface area contributed by atoms with Gasteiger partial charge in [0.15, 0.2) is 0 Å². The van der Waals surface area contributed by atoms with Gasteiger partial charge in [-0.1, -0.05) is 0 Å². The van der Waals surface area contributed by atoms with Gasteiger partial charge in [0.25, 0.3) is 0 Å². The molecule has 0 fully saturated rings. The van der Waals surface area contributed by atoms with E-state index in [4.69, 9.17) is 5.73 Å². The Bertz CT molecular complexity index is 555. The van der Waals surface area contributed by atoms with Crippen molar-refractivity contribution in [1.82, 2.24) is 5.32 Å². The smallest absolute Gasteiger partial charge is 0.319 e. The second-order valence-electron chi connectivity index (χ2n) is 4.38. The minimum Gasteiger partial charge on any atom is -0.399 e. The third kappa shape index (κ3) is 3.72. The molecule has 0 aliphatic rings. The summed E-state index contributed by atoms with van der Waals surface area (Å²) in [6.45, 7) is 4.70. The second kappa shape index (κ2) is 5.75. The van der Waals surface area contributed by atoms with E-state index in [1.165, 1.54) is 10.4 Å². The Morgan fingerprint density at radius 2 is 1.95 bits per heavy atom. The number of urea groups is 1. The molecule has 0 atom stereocenters. The van der Waals surface area contributed by atoms with Crippen LogP contribution < -0.4 is 16.4 Å². The van der Waals surface area contributed by atoms with Crippen molar-refractivity contribution in [2.75, 3.05) is 11.1 Å². The van der Waals surface area contributed by atoms with Gasteiger partial charge >= 0.3 is 6.03 Å². The number of nitrogens with two attached hydrogens (primary N) is 1. The number of anilines is 2. The summed E-state index contributed by atoms with van der Waals surface area (Å²) in [4.78, 5) is 14.2. The fourth-order valence-corrected chi connectivity index (χ4v) is 2.64. The molecule has 0 saturated carbocycles. The van der Waals surface area contributed by atoms with Gasteiger partial charge in [0.2, 0.25) is 0 Å². The molecule has 1 aromatic heterocycles. The van der Waals surface area contributed by atoms with Gasteiger partial charge in [-0.2, -0.15) is 0 Å². The summed E-state index contributed by atoms with van der Waals surface area (Å²) < 4.78 is 0. The van der Waals surface area contributed by atoms with Crippen LogP contribution >= 0.6 is 11.3 Å². The molecule has 100 valence electrons. The molecule has 2 amide bonds. The highest BCUT2D eigenvalue weighted by Gasteiger charge is 2.04. The normalized spacial score (nSPS) is 10.2. The number of amides is 2. The van der Waals surface area contributed by atoms with Gasteiger partial charge in [-0.15, -0.1) is 11.3 Å². The van der Waals surface area contributed by atoms with Crippen LogP contribution in [0, 0.1) is 13.8 Å². The van der Waals surface area contributed by atoms with Crippen LogP contribution in [0.25, 0.3) is 0 Å². The quantitative estimate of drug-likeness (QED) is 0.753. The van der Waals surface area contributed by atoms with Gasteiger partial charge in [0.1, 0.15) is 0 Å². The van der Waals surface area contributed by atoms with Crippen LogP contribution in [0.15, 0.2) is 30.3 Å². The maximum atomic E-state index is 11.7. The number of thiophene rings is 1. The molecule has 0 saturated heterocycles. The fraction of sp³-hybridized carbons (Fsp3) is 0.214. The van der Waals surface area contributed by atoms with Gasteiger partial charge in [0, 0.05) is 21.1 Å². The van der Waals surface area contributed by atoms with Crippen molar-refractivity contribution in [3.8, 4) is 0 Å². The molecule has 1 aromatic carbocycles. The van der Waals surface area contributed by atoms with Gasteiger partial charge in [-0.05, 0) is 49.7 Å². The molecule has 5 heteroatoms. The largest absolute Gasteiger partial charge is 0.399 e. The van der Waals surface area contributed by atoms with Crippen molar-refractivity contribution >= 4 is 28.7 Å². The number of carbonyl (C=O) groups is 1. The van der Waals surface area contributed by atoms with Crippen LogP contribution in [0.1, 0.15) is 15.3 Å². The molecule has 0 aliphatic heterocycles. The van der Waals surface area contributed by atoms with Crippen LogP contribution in [-0.4, -0.2) is 6.03 Å². The van der Waals surface area contributed by atoms with Gasteiger partial charge in [-0.3, -0.25) is 0 Å². The third-order valence-electron chi connectivity index (χ3n) is 2.81. The number of nitrogen functional groups attached to an aromatic ring is 1. The summed E-state index contributed by atoms with van der Waals surface area (Å²) in [5.74, 6) is 0. The van der Waals surface area contributed by atoms with Crippen molar-refractivity contribution in [1.29, 1.82) is 0 Å². The predicted molar refractivity (Wildman–Crippen MR) is 80.5 cm³/mol. The molecule has 0 spiro atoms. The van der Waals surface area contributed by atoms with Gasteiger partial charge in [0.05, 0.1) is 6.54 Å².